The minimum Gasteiger partial charge on any atom is -0.394 e. The molecule has 9 heavy (non-hydrogen) atoms. The molecule has 0 aliphatic heterocycles. The zero-order chi connectivity index (χ0) is 7.44. The highest BCUT2D eigenvalue weighted by molar-refractivity contribution is 4.65. The minimum absolute atomic E-state index is 0.126. The number of aliphatic hydroxyl groups excluding tert-OH is 2. The van der Waals surface area contributed by atoms with Gasteiger partial charge in [0.05, 0.1) is 12.7 Å². The van der Waals surface area contributed by atoms with E-state index in [-0.39, 0.29) is 12.5 Å². The highest BCUT2D eigenvalue weighted by Crippen LogP contribution is 2.13. The third kappa shape index (κ3) is 2.82. The van der Waals surface area contributed by atoms with Crippen LogP contribution in [0.2, 0.25) is 0 Å². The molecule has 0 aromatic heterocycles. The quantitative estimate of drug-likeness (QED) is 0.591. The van der Waals surface area contributed by atoms with Crippen LogP contribution in [0.3, 0.4) is 0 Å². The van der Waals surface area contributed by atoms with Gasteiger partial charge in [0.1, 0.15) is 0 Å². The molecule has 2 N–H and O–H groups in total. The van der Waals surface area contributed by atoms with Crippen LogP contribution in [0.15, 0.2) is 0 Å². The predicted molar refractivity (Wildman–Crippen MR) is 37.1 cm³/mol. The van der Waals surface area contributed by atoms with Crippen LogP contribution in [-0.2, 0) is 0 Å². The first kappa shape index (κ1) is 8.92. The maximum Gasteiger partial charge on any atom is 0.0798 e. The largest absolute Gasteiger partial charge is 0.394 e. The van der Waals surface area contributed by atoms with Crippen molar-refractivity contribution in [1.82, 2.24) is 0 Å². The fourth-order valence-corrected chi connectivity index (χ4v) is 0.611. The molecule has 0 aliphatic rings. The zero-order valence-electron chi connectivity index (χ0n) is 6.33. The second kappa shape index (κ2) is 3.85. The third-order valence-electron chi connectivity index (χ3n) is 1.85. The van der Waals surface area contributed by atoms with Gasteiger partial charge in [-0.15, -0.1) is 0 Å². The normalized spacial score (nSPS) is 18.0. The van der Waals surface area contributed by atoms with Gasteiger partial charge in [0, 0.05) is 0 Å². The molecule has 0 amide bonds. The van der Waals surface area contributed by atoms with Crippen LogP contribution in [0.5, 0.6) is 0 Å². The van der Waals surface area contributed by atoms with E-state index in [1.54, 1.807) is 0 Å². The molecule has 0 fully saturated rings. The van der Waals surface area contributed by atoms with Crippen LogP contribution < -0.4 is 0 Å². The van der Waals surface area contributed by atoms with Crippen molar-refractivity contribution in [3.05, 3.63) is 0 Å². The summed E-state index contributed by atoms with van der Waals surface area (Å²) in [6.45, 7) is 5.87. The first-order chi connectivity index (χ1) is 4.09. The van der Waals surface area contributed by atoms with E-state index in [0.29, 0.717) is 5.92 Å². The molecule has 2 atom stereocenters. The molecule has 0 saturated carbocycles. The Hall–Kier alpha value is -0.0800. The summed E-state index contributed by atoms with van der Waals surface area (Å²) in [7, 11) is 0. The summed E-state index contributed by atoms with van der Waals surface area (Å²) in [5, 5.41) is 17.6. The van der Waals surface area contributed by atoms with Crippen LogP contribution in [0.1, 0.15) is 20.8 Å². The molecule has 0 aliphatic carbocycles. The smallest absolute Gasteiger partial charge is 0.0798 e. The summed E-state index contributed by atoms with van der Waals surface area (Å²) in [6, 6.07) is 0. The van der Waals surface area contributed by atoms with Crippen molar-refractivity contribution >= 4 is 0 Å². The standard InChI is InChI=1S/C7H16O2/c1-5(2)6(3)7(9)4-8/h5-9H,4H2,1-3H3/t6?,7-/m0/s1. The maximum atomic E-state index is 9.05. The molecule has 0 bridgehead atoms. The second-order valence-electron chi connectivity index (χ2n) is 2.85. The molecule has 0 aromatic rings. The van der Waals surface area contributed by atoms with Crippen LogP contribution in [0.4, 0.5) is 0 Å². The van der Waals surface area contributed by atoms with Gasteiger partial charge in [0.25, 0.3) is 0 Å². The molecule has 56 valence electrons. The van der Waals surface area contributed by atoms with E-state index in [0.717, 1.165) is 0 Å². The van der Waals surface area contributed by atoms with E-state index < -0.39 is 6.10 Å². The number of aliphatic hydroxyl groups is 2. The second-order valence-corrected chi connectivity index (χ2v) is 2.85. The molecule has 0 heterocycles. The van der Waals surface area contributed by atoms with Gasteiger partial charge in [-0.05, 0) is 11.8 Å². The fourth-order valence-electron chi connectivity index (χ4n) is 0.611. The topological polar surface area (TPSA) is 40.5 Å². The van der Waals surface area contributed by atoms with Gasteiger partial charge >= 0.3 is 0 Å². The Balaban J connectivity index is 3.58. The van der Waals surface area contributed by atoms with Crippen molar-refractivity contribution in [3.8, 4) is 0 Å². The molecular weight excluding hydrogens is 116 g/mol. The molecule has 0 spiro atoms. The van der Waals surface area contributed by atoms with Crippen LogP contribution in [-0.4, -0.2) is 22.9 Å². The van der Waals surface area contributed by atoms with Crippen molar-refractivity contribution in [1.29, 1.82) is 0 Å². The monoisotopic (exact) mass is 132 g/mol. The Morgan fingerprint density at radius 3 is 1.78 bits per heavy atom. The van der Waals surface area contributed by atoms with Crippen LogP contribution in [0.25, 0.3) is 0 Å². The van der Waals surface area contributed by atoms with Gasteiger partial charge in [-0.1, -0.05) is 20.8 Å². The van der Waals surface area contributed by atoms with Gasteiger partial charge in [-0.25, -0.2) is 0 Å². The Morgan fingerprint density at radius 2 is 1.67 bits per heavy atom. The lowest BCUT2D eigenvalue weighted by Gasteiger charge is -2.19. The van der Waals surface area contributed by atoms with Crippen molar-refractivity contribution in [2.24, 2.45) is 11.8 Å². The lowest BCUT2D eigenvalue weighted by molar-refractivity contribution is 0.0368. The molecule has 0 aromatic carbocycles. The van der Waals surface area contributed by atoms with Gasteiger partial charge in [-0.3, -0.25) is 0 Å². The van der Waals surface area contributed by atoms with Gasteiger partial charge < -0.3 is 10.2 Å². The molecule has 0 rings (SSSR count). The molecule has 0 saturated heterocycles. The molecule has 0 radical (unpaired) electrons. The summed E-state index contributed by atoms with van der Waals surface area (Å²) in [5.74, 6) is 0.627. The summed E-state index contributed by atoms with van der Waals surface area (Å²) in [5.41, 5.74) is 0. The zero-order valence-corrected chi connectivity index (χ0v) is 6.33. The highest BCUT2D eigenvalue weighted by Gasteiger charge is 2.15. The third-order valence-corrected chi connectivity index (χ3v) is 1.85. The van der Waals surface area contributed by atoms with Crippen LogP contribution >= 0.6 is 0 Å². The predicted octanol–water partition coefficient (Wildman–Crippen LogP) is 0.632. The average Bonchev–Trinajstić information content (AvgIpc) is 1.84. The molecule has 1 unspecified atom stereocenters. The van der Waals surface area contributed by atoms with Crippen molar-refractivity contribution in [2.45, 2.75) is 26.9 Å². The molecular formula is C7H16O2. The number of hydrogen-bond acceptors (Lipinski definition) is 2. The number of hydrogen-bond donors (Lipinski definition) is 2. The number of rotatable bonds is 3. The van der Waals surface area contributed by atoms with Crippen molar-refractivity contribution < 1.29 is 10.2 Å². The summed E-state index contributed by atoms with van der Waals surface area (Å²) in [4.78, 5) is 0. The Bertz CT molecular complexity index is 71.3. The average molecular weight is 132 g/mol. The van der Waals surface area contributed by atoms with E-state index in [1.165, 1.54) is 0 Å². The first-order valence-corrected chi connectivity index (χ1v) is 3.38. The molecule has 2 nitrogen and oxygen atoms in total. The van der Waals surface area contributed by atoms with Crippen molar-refractivity contribution in [3.63, 3.8) is 0 Å². The molecule has 2 heteroatoms. The summed E-state index contributed by atoms with van der Waals surface area (Å²) >= 11 is 0. The lowest BCUT2D eigenvalue weighted by Crippen LogP contribution is -2.25. The Kier molecular flexibility index (Phi) is 3.82. The lowest BCUT2D eigenvalue weighted by atomic mass is 9.93. The first-order valence-electron chi connectivity index (χ1n) is 3.38. The Morgan fingerprint density at radius 1 is 1.22 bits per heavy atom. The van der Waals surface area contributed by atoms with Crippen molar-refractivity contribution in [2.75, 3.05) is 6.61 Å². The minimum atomic E-state index is -0.551. The van der Waals surface area contributed by atoms with E-state index in [2.05, 4.69) is 0 Å². The van der Waals surface area contributed by atoms with E-state index in [4.69, 9.17) is 10.2 Å². The van der Waals surface area contributed by atoms with E-state index >= 15 is 0 Å². The SMILES string of the molecule is CC(C)C(C)[C@@H](O)CO. The summed E-state index contributed by atoms with van der Waals surface area (Å²) in [6.07, 6.45) is -0.551. The highest BCUT2D eigenvalue weighted by atomic mass is 16.3. The maximum absolute atomic E-state index is 9.05. The van der Waals surface area contributed by atoms with Gasteiger partial charge in [0.2, 0.25) is 0 Å². The Labute approximate surface area is 56.5 Å². The van der Waals surface area contributed by atoms with E-state index in [9.17, 15) is 0 Å². The summed E-state index contributed by atoms with van der Waals surface area (Å²) < 4.78 is 0. The van der Waals surface area contributed by atoms with E-state index in [1.807, 2.05) is 20.8 Å². The van der Waals surface area contributed by atoms with Gasteiger partial charge in [0.15, 0.2) is 0 Å². The van der Waals surface area contributed by atoms with Crippen LogP contribution in [0, 0.1) is 11.8 Å². The fraction of sp³-hybridized carbons (Fsp3) is 1.00. The van der Waals surface area contributed by atoms with Gasteiger partial charge in [-0.2, -0.15) is 0 Å².